The number of carbonyl (C=O) groups is 4. The van der Waals surface area contributed by atoms with Crippen LogP contribution in [0.5, 0.6) is 5.75 Å². The zero-order chi connectivity index (χ0) is 18.1. The van der Waals surface area contributed by atoms with Gasteiger partial charge in [0.1, 0.15) is 11.8 Å². The Morgan fingerprint density at radius 1 is 1.24 bits per heavy atom. The summed E-state index contributed by atoms with van der Waals surface area (Å²) >= 11 is 0. The minimum atomic E-state index is -1.04. The molecule has 2 atom stereocenters. The van der Waals surface area contributed by atoms with Gasteiger partial charge in [0.15, 0.2) is 0 Å². The van der Waals surface area contributed by atoms with Crippen molar-refractivity contribution in [3.8, 4) is 5.75 Å². The molecule has 1 aromatic rings. The number of fused-ring (bicyclic) bond motifs is 1. The summed E-state index contributed by atoms with van der Waals surface area (Å²) in [7, 11) is 2.57. The summed E-state index contributed by atoms with van der Waals surface area (Å²) in [4.78, 5) is 51.1. The number of nitrogens with zero attached hydrogens (tertiary/aromatic N) is 2. The number of likely N-dealkylation sites (tertiary alicyclic amines) is 1. The van der Waals surface area contributed by atoms with Gasteiger partial charge in [-0.05, 0) is 18.6 Å². The fourth-order valence-electron chi connectivity index (χ4n) is 3.13. The Balaban J connectivity index is 1.92. The van der Waals surface area contributed by atoms with Gasteiger partial charge in [-0.2, -0.15) is 0 Å². The molecule has 9 heteroatoms. The number of nitrogens with one attached hydrogen (secondary N) is 1. The topological polar surface area (TPSA) is 105 Å². The molecule has 132 valence electrons. The molecular weight excluding hydrogens is 330 g/mol. The van der Waals surface area contributed by atoms with Crippen molar-refractivity contribution in [1.82, 2.24) is 10.2 Å². The van der Waals surface area contributed by atoms with E-state index in [1.54, 1.807) is 24.3 Å². The number of amides is 4. The highest BCUT2D eigenvalue weighted by atomic mass is 16.5. The van der Waals surface area contributed by atoms with Gasteiger partial charge in [0.25, 0.3) is 5.91 Å². The van der Waals surface area contributed by atoms with E-state index >= 15 is 0 Å². The van der Waals surface area contributed by atoms with E-state index in [1.807, 2.05) is 0 Å². The number of benzene rings is 1. The van der Waals surface area contributed by atoms with E-state index in [2.05, 4.69) is 10.1 Å². The molecule has 0 radical (unpaired) electrons. The molecule has 0 aromatic heterocycles. The number of ether oxygens (including phenoxy) is 2. The van der Waals surface area contributed by atoms with Crippen LogP contribution < -0.4 is 15.0 Å². The molecule has 2 heterocycles. The van der Waals surface area contributed by atoms with Crippen LogP contribution in [0.15, 0.2) is 24.3 Å². The first-order valence-corrected chi connectivity index (χ1v) is 7.65. The zero-order valence-electron chi connectivity index (χ0n) is 13.7. The first-order valence-electron chi connectivity index (χ1n) is 7.65. The van der Waals surface area contributed by atoms with Gasteiger partial charge in [0.05, 0.1) is 25.9 Å². The van der Waals surface area contributed by atoms with Gasteiger partial charge in [-0.1, -0.05) is 6.07 Å². The SMILES string of the molecule is COC(=O)C(=O)N1CC[C@H]2NC(=O)N(c3cccc(OC)c3)C(=O)[C@@H]21. The number of methoxy groups -OCH3 is 2. The third kappa shape index (κ3) is 2.77. The molecule has 0 spiro atoms. The number of imide groups is 1. The summed E-state index contributed by atoms with van der Waals surface area (Å²) in [6.45, 7) is 0.182. The second-order valence-electron chi connectivity index (χ2n) is 5.65. The largest absolute Gasteiger partial charge is 0.497 e. The van der Waals surface area contributed by atoms with Gasteiger partial charge >= 0.3 is 17.9 Å². The van der Waals surface area contributed by atoms with Crippen molar-refractivity contribution in [2.45, 2.75) is 18.5 Å². The minimum Gasteiger partial charge on any atom is -0.497 e. The standard InChI is InChI=1S/C16H17N3O6/c1-24-10-5-3-4-9(8-10)19-13(20)12-11(17-16(19)23)6-7-18(12)14(21)15(22)25-2/h3-5,8,11-12H,6-7H2,1-2H3,(H,17,23)/t11-,12-/m1/s1. The van der Waals surface area contributed by atoms with Crippen molar-refractivity contribution in [3.63, 3.8) is 0 Å². The molecule has 1 aromatic carbocycles. The first kappa shape index (κ1) is 16.7. The van der Waals surface area contributed by atoms with Gasteiger partial charge in [-0.15, -0.1) is 0 Å². The highest BCUT2D eigenvalue weighted by molar-refractivity contribution is 6.33. The average molecular weight is 347 g/mol. The maximum absolute atomic E-state index is 12.9. The van der Waals surface area contributed by atoms with Crippen LogP contribution >= 0.6 is 0 Å². The van der Waals surface area contributed by atoms with Crippen molar-refractivity contribution in [3.05, 3.63) is 24.3 Å². The van der Waals surface area contributed by atoms with E-state index in [1.165, 1.54) is 7.11 Å². The molecule has 1 N–H and O–H groups in total. The minimum absolute atomic E-state index is 0.182. The molecule has 2 saturated heterocycles. The lowest BCUT2D eigenvalue weighted by atomic mass is 10.0. The predicted molar refractivity (Wildman–Crippen MR) is 84.9 cm³/mol. The van der Waals surface area contributed by atoms with Gasteiger partial charge < -0.3 is 19.7 Å². The third-order valence-corrected chi connectivity index (χ3v) is 4.32. The van der Waals surface area contributed by atoms with E-state index in [0.29, 0.717) is 17.9 Å². The number of urea groups is 1. The monoisotopic (exact) mass is 347 g/mol. The van der Waals surface area contributed by atoms with E-state index in [-0.39, 0.29) is 6.54 Å². The van der Waals surface area contributed by atoms with Crippen LogP contribution in [0.4, 0.5) is 10.5 Å². The summed E-state index contributed by atoms with van der Waals surface area (Å²) in [6.07, 6.45) is 0.386. The molecule has 25 heavy (non-hydrogen) atoms. The lowest BCUT2D eigenvalue weighted by Gasteiger charge is -2.36. The van der Waals surface area contributed by atoms with Crippen LogP contribution in [0, 0.1) is 0 Å². The summed E-state index contributed by atoms with van der Waals surface area (Å²) in [5.41, 5.74) is 0.317. The second-order valence-corrected chi connectivity index (χ2v) is 5.65. The summed E-state index contributed by atoms with van der Waals surface area (Å²) in [6, 6.07) is 4.40. The van der Waals surface area contributed by atoms with Crippen LogP contribution in [0.3, 0.4) is 0 Å². The van der Waals surface area contributed by atoms with Crippen molar-refractivity contribution in [2.75, 3.05) is 25.7 Å². The summed E-state index contributed by atoms with van der Waals surface area (Å²) < 4.78 is 9.56. The maximum atomic E-state index is 12.9. The highest BCUT2D eigenvalue weighted by Gasteiger charge is 2.51. The number of hydrogen-bond donors (Lipinski definition) is 1. The molecule has 0 saturated carbocycles. The molecule has 0 unspecified atom stereocenters. The van der Waals surface area contributed by atoms with Crippen molar-refractivity contribution in [2.24, 2.45) is 0 Å². The number of carbonyl (C=O) groups excluding carboxylic acids is 4. The Morgan fingerprint density at radius 3 is 2.68 bits per heavy atom. The van der Waals surface area contributed by atoms with Gasteiger partial charge in [-0.25, -0.2) is 14.5 Å². The molecule has 2 fully saturated rings. The number of rotatable bonds is 2. The lowest BCUT2D eigenvalue weighted by molar-refractivity contribution is -0.159. The van der Waals surface area contributed by atoms with E-state index < -0.39 is 35.9 Å². The fourth-order valence-corrected chi connectivity index (χ4v) is 3.13. The van der Waals surface area contributed by atoms with Crippen molar-refractivity contribution >= 4 is 29.5 Å². The number of hydrogen-bond acceptors (Lipinski definition) is 6. The predicted octanol–water partition coefficient (Wildman–Crippen LogP) is -0.106. The average Bonchev–Trinajstić information content (AvgIpc) is 3.04. The van der Waals surface area contributed by atoms with Crippen molar-refractivity contribution < 1.29 is 28.7 Å². The Labute approximate surface area is 143 Å². The molecule has 4 amide bonds. The first-order chi connectivity index (χ1) is 12.0. The molecule has 3 rings (SSSR count). The van der Waals surface area contributed by atoms with Crippen molar-refractivity contribution in [1.29, 1.82) is 0 Å². The Morgan fingerprint density at radius 2 is 2.00 bits per heavy atom. The Bertz CT molecular complexity index is 749. The smallest absolute Gasteiger partial charge is 0.396 e. The van der Waals surface area contributed by atoms with Gasteiger partial charge in [-0.3, -0.25) is 9.59 Å². The lowest BCUT2D eigenvalue weighted by Crippen LogP contribution is -2.65. The van der Waals surface area contributed by atoms with E-state index in [0.717, 1.165) is 16.9 Å². The Hall–Kier alpha value is -3.10. The van der Waals surface area contributed by atoms with E-state index in [9.17, 15) is 19.2 Å². The fraction of sp³-hybridized carbons (Fsp3) is 0.375. The highest BCUT2D eigenvalue weighted by Crippen LogP contribution is 2.29. The van der Waals surface area contributed by atoms with Crippen LogP contribution in [-0.4, -0.2) is 61.6 Å². The third-order valence-electron chi connectivity index (χ3n) is 4.32. The van der Waals surface area contributed by atoms with Gasteiger partial charge in [0.2, 0.25) is 0 Å². The summed E-state index contributed by atoms with van der Waals surface area (Å²) in [5.74, 6) is -2.03. The van der Waals surface area contributed by atoms with Crippen LogP contribution in [0.2, 0.25) is 0 Å². The summed E-state index contributed by atoms with van der Waals surface area (Å²) in [5, 5.41) is 2.72. The molecule has 2 aliphatic rings. The van der Waals surface area contributed by atoms with Gasteiger partial charge in [0, 0.05) is 12.6 Å². The molecule has 0 aliphatic carbocycles. The van der Waals surface area contributed by atoms with E-state index in [4.69, 9.17) is 4.74 Å². The maximum Gasteiger partial charge on any atom is 0.396 e. The zero-order valence-corrected chi connectivity index (χ0v) is 13.7. The normalized spacial score (nSPS) is 22.3. The number of esters is 1. The van der Waals surface area contributed by atoms with Crippen LogP contribution in [-0.2, 0) is 19.1 Å². The second kappa shape index (κ2) is 6.42. The molecule has 0 bridgehead atoms. The van der Waals surface area contributed by atoms with Crippen LogP contribution in [0.1, 0.15) is 6.42 Å². The quantitative estimate of drug-likeness (QED) is 0.591. The molecule has 9 nitrogen and oxygen atoms in total. The Kier molecular flexibility index (Phi) is 4.30. The molecular formula is C16H17N3O6. The molecule has 2 aliphatic heterocycles. The number of anilines is 1. The van der Waals surface area contributed by atoms with Crippen LogP contribution in [0.25, 0.3) is 0 Å².